The summed E-state index contributed by atoms with van der Waals surface area (Å²) in [5.74, 6) is -0.319. The Morgan fingerprint density at radius 1 is 0.857 bits per heavy atom. The summed E-state index contributed by atoms with van der Waals surface area (Å²) >= 11 is 0. The molecular formula is C20H17FNO5P. The Bertz CT molecular complexity index is 939. The van der Waals surface area contributed by atoms with Crippen molar-refractivity contribution in [2.45, 2.75) is 5.66 Å². The van der Waals surface area contributed by atoms with E-state index in [1.807, 2.05) is 0 Å². The second-order valence-electron chi connectivity index (χ2n) is 5.90. The molecule has 6 nitrogen and oxygen atoms in total. The maximum absolute atomic E-state index is 14.4. The van der Waals surface area contributed by atoms with Crippen molar-refractivity contribution in [3.05, 3.63) is 106 Å². The molecule has 0 spiro atoms. The van der Waals surface area contributed by atoms with Crippen molar-refractivity contribution in [3.63, 3.8) is 0 Å². The normalized spacial score (nSPS) is 12.2. The summed E-state index contributed by atoms with van der Waals surface area (Å²) in [6, 6.07) is 21.8. The van der Waals surface area contributed by atoms with Gasteiger partial charge in [0.2, 0.25) is 6.54 Å². The molecule has 0 saturated carbocycles. The highest BCUT2D eigenvalue weighted by atomic mass is 31.2. The van der Waals surface area contributed by atoms with Crippen LogP contribution in [0.1, 0.15) is 11.2 Å². The molecule has 144 valence electrons. The highest BCUT2D eigenvalue weighted by Gasteiger charge is 2.45. The fourth-order valence-corrected chi connectivity index (χ4v) is 4.66. The molecule has 0 N–H and O–H groups in total. The van der Waals surface area contributed by atoms with E-state index in [4.69, 9.17) is 9.05 Å². The number of nitro groups is 1. The second-order valence-corrected chi connectivity index (χ2v) is 7.97. The topological polar surface area (TPSA) is 78.7 Å². The number of halogens is 1. The molecule has 0 radical (unpaired) electrons. The van der Waals surface area contributed by atoms with Crippen LogP contribution in [0.5, 0.6) is 11.5 Å². The lowest BCUT2D eigenvalue weighted by Gasteiger charge is -2.26. The average Bonchev–Trinajstić information content (AvgIpc) is 2.68. The zero-order valence-corrected chi connectivity index (χ0v) is 15.6. The van der Waals surface area contributed by atoms with Crippen molar-refractivity contribution in [2.75, 3.05) is 6.54 Å². The lowest BCUT2D eigenvalue weighted by molar-refractivity contribution is -0.480. The zero-order valence-electron chi connectivity index (χ0n) is 14.7. The standard InChI is InChI=1S/C20H17FNO5P/c21-19-14-8-7-13-18(19)20(15-22(23)24)28(25,26-16-9-3-1-4-10-16)27-17-11-5-2-6-12-17/h1-14,20H,15H2/t20-/m0/s1. The van der Waals surface area contributed by atoms with E-state index in [0.717, 1.165) is 6.07 Å². The molecule has 0 fully saturated rings. The third kappa shape index (κ3) is 4.75. The van der Waals surface area contributed by atoms with E-state index in [1.54, 1.807) is 60.7 Å². The van der Waals surface area contributed by atoms with Gasteiger partial charge in [0.05, 0.1) is 0 Å². The SMILES string of the molecule is O=[N+]([O-])C[C@@H](c1ccccc1F)P(=O)(Oc1ccccc1)Oc1ccccc1. The van der Waals surface area contributed by atoms with Crippen molar-refractivity contribution in [2.24, 2.45) is 0 Å². The molecule has 0 aliphatic heterocycles. The summed E-state index contributed by atoms with van der Waals surface area (Å²) in [5, 5.41) is 11.3. The number of hydrogen-bond donors (Lipinski definition) is 0. The van der Waals surface area contributed by atoms with E-state index >= 15 is 0 Å². The zero-order chi connectivity index (χ0) is 20.0. The van der Waals surface area contributed by atoms with Gasteiger partial charge in [0, 0.05) is 10.5 Å². The molecule has 0 aliphatic rings. The molecule has 3 aromatic rings. The largest absolute Gasteiger partial charge is 0.444 e. The van der Waals surface area contributed by atoms with Gasteiger partial charge in [0.1, 0.15) is 17.3 Å². The Kier molecular flexibility index (Phi) is 6.06. The molecule has 0 aliphatic carbocycles. The first-order valence-corrected chi connectivity index (χ1v) is 10.0. The van der Waals surface area contributed by atoms with Gasteiger partial charge in [-0.1, -0.05) is 54.6 Å². The van der Waals surface area contributed by atoms with Crippen LogP contribution >= 0.6 is 7.60 Å². The Labute approximate surface area is 161 Å². The van der Waals surface area contributed by atoms with Crippen LogP contribution in [0.4, 0.5) is 4.39 Å². The first-order chi connectivity index (χ1) is 13.5. The smallest absolute Gasteiger partial charge is 0.415 e. The van der Waals surface area contributed by atoms with Crippen molar-refractivity contribution in [1.29, 1.82) is 0 Å². The van der Waals surface area contributed by atoms with Crippen LogP contribution in [0.3, 0.4) is 0 Å². The maximum Gasteiger partial charge on any atom is 0.444 e. The summed E-state index contributed by atoms with van der Waals surface area (Å²) in [5.41, 5.74) is -1.54. The fourth-order valence-electron chi connectivity index (χ4n) is 2.66. The van der Waals surface area contributed by atoms with E-state index in [0.29, 0.717) is 0 Å². The third-order valence-corrected chi connectivity index (χ3v) is 6.06. The number of nitrogens with zero attached hydrogens (tertiary/aromatic N) is 1. The van der Waals surface area contributed by atoms with Crippen LogP contribution in [0.2, 0.25) is 0 Å². The van der Waals surface area contributed by atoms with Gasteiger partial charge in [0.15, 0.2) is 5.66 Å². The lowest BCUT2D eigenvalue weighted by atomic mass is 10.1. The minimum atomic E-state index is -4.26. The molecule has 28 heavy (non-hydrogen) atoms. The molecular weight excluding hydrogens is 384 g/mol. The van der Waals surface area contributed by atoms with E-state index in [9.17, 15) is 19.1 Å². The molecule has 0 unspecified atom stereocenters. The predicted octanol–water partition coefficient (Wildman–Crippen LogP) is 5.49. The van der Waals surface area contributed by atoms with Gasteiger partial charge in [-0.3, -0.25) is 10.1 Å². The molecule has 0 aromatic heterocycles. The number of para-hydroxylation sites is 2. The van der Waals surface area contributed by atoms with Gasteiger partial charge >= 0.3 is 7.60 Å². The average molecular weight is 401 g/mol. The van der Waals surface area contributed by atoms with Crippen LogP contribution in [-0.2, 0) is 4.57 Å². The van der Waals surface area contributed by atoms with Crippen LogP contribution in [0.15, 0.2) is 84.9 Å². The number of rotatable bonds is 8. The highest BCUT2D eigenvalue weighted by Crippen LogP contribution is 2.60. The Morgan fingerprint density at radius 3 is 1.79 bits per heavy atom. The summed E-state index contributed by atoms with van der Waals surface area (Å²) in [7, 11) is -4.26. The summed E-state index contributed by atoms with van der Waals surface area (Å²) in [4.78, 5) is 10.6. The lowest BCUT2D eigenvalue weighted by Crippen LogP contribution is -2.19. The number of benzene rings is 3. The van der Waals surface area contributed by atoms with E-state index in [1.165, 1.54) is 18.2 Å². The van der Waals surface area contributed by atoms with Gasteiger partial charge in [-0.25, -0.2) is 8.96 Å². The third-order valence-electron chi connectivity index (χ3n) is 3.92. The molecule has 0 heterocycles. The number of hydrogen-bond acceptors (Lipinski definition) is 5. The Balaban J connectivity index is 2.09. The Morgan fingerprint density at radius 2 is 1.32 bits per heavy atom. The minimum Gasteiger partial charge on any atom is -0.415 e. The minimum absolute atomic E-state index is 0.102. The van der Waals surface area contributed by atoms with Gasteiger partial charge in [0.25, 0.3) is 0 Å². The first-order valence-electron chi connectivity index (χ1n) is 8.43. The van der Waals surface area contributed by atoms with Crippen LogP contribution in [0, 0.1) is 15.9 Å². The molecule has 0 saturated heterocycles. The second kappa shape index (κ2) is 8.67. The van der Waals surface area contributed by atoms with Gasteiger partial charge in [-0.15, -0.1) is 0 Å². The highest BCUT2D eigenvalue weighted by molar-refractivity contribution is 7.55. The van der Waals surface area contributed by atoms with Crippen molar-refractivity contribution < 1.29 is 22.9 Å². The van der Waals surface area contributed by atoms with Crippen LogP contribution in [0.25, 0.3) is 0 Å². The van der Waals surface area contributed by atoms with Crippen LogP contribution < -0.4 is 9.05 Å². The summed E-state index contributed by atoms with van der Waals surface area (Å²) < 4.78 is 39.5. The molecule has 3 rings (SSSR count). The maximum atomic E-state index is 14.4. The molecule has 3 aromatic carbocycles. The van der Waals surface area contributed by atoms with E-state index < -0.39 is 30.5 Å². The quantitative estimate of drug-likeness (QED) is 0.283. The summed E-state index contributed by atoms with van der Waals surface area (Å²) in [6.45, 7) is -0.822. The van der Waals surface area contributed by atoms with Gasteiger partial charge < -0.3 is 9.05 Å². The molecule has 1 atom stereocenters. The predicted molar refractivity (Wildman–Crippen MR) is 103 cm³/mol. The Hall–Kier alpha value is -3.18. The van der Waals surface area contributed by atoms with Crippen molar-refractivity contribution in [3.8, 4) is 11.5 Å². The molecule has 8 heteroatoms. The van der Waals surface area contributed by atoms with Crippen molar-refractivity contribution >= 4 is 7.60 Å². The molecule has 0 amide bonds. The van der Waals surface area contributed by atoms with E-state index in [2.05, 4.69) is 0 Å². The van der Waals surface area contributed by atoms with Gasteiger partial charge in [-0.2, -0.15) is 0 Å². The fraction of sp³-hybridized carbons (Fsp3) is 0.100. The summed E-state index contributed by atoms with van der Waals surface area (Å²) in [6.07, 6.45) is 0. The van der Waals surface area contributed by atoms with E-state index in [-0.39, 0.29) is 17.1 Å². The van der Waals surface area contributed by atoms with Crippen molar-refractivity contribution in [1.82, 2.24) is 0 Å². The van der Waals surface area contributed by atoms with Crippen LogP contribution in [-0.4, -0.2) is 11.5 Å². The first kappa shape index (κ1) is 19.6. The molecule has 0 bridgehead atoms. The monoisotopic (exact) mass is 401 g/mol. The van der Waals surface area contributed by atoms with Gasteiger partial charge in [-0.05, 0) is 30.3 Å².